The first-order chi connectivity index (χ1) is 9.00. The maximum atomic E-state index is 13.0. The first-order valence-electron chi connectivity index (χ1n) is 6.22. The van der Waals surface area contributed by atoms with Gasteiger partial charge in [0.25, 0.3) is 0 Å². The van der Waals surface area contributed by atoms with E-state index in [0.717, 1.165) is 0 Å². The molecule has 1 heterocycles. The summed E-state index contributed by atoms with van der Waals surface area (Å²) in [6.45, 7) is 6.55. The van der Waals surface area contributed by atoms with E-state index in [4.69, 9.17) is 0 Å². The molecule has 1 rings (SSSR count). The average Bonchev–Trinajstić information content (AvgIpc) is 2.77. The molecule has 0 aliphatic heterocycles. The molecular weight excluding hydrogens is 273 g/mol. The van der Waals surface area contributed by atoms with Crippen LogP contribution in [0, 0.1) is 5.41 Å². The minimum Gasteiger partial charge on any atom is -0.343 e. The van der Waals surface area contributed by atoms with Crippen LogP contribution in [0.4, 0.5) is 13.2 Å². The molecule has 2 atom stereocenters. The van der Waals surface area contributed by atoms with Gasteiger partial charge in [-0.25, -0.2) is 9.67 Å². The van der Waals surface area contributed by atoms with Crippen molar-refractivity contribution in [2.24, 2.45) is 5.41 Å². The van der Waals surface area contributed by atoms with Crippen molar-refractivity contribution in [1.82, 2.24) is 20.1 Å². The highest BCUT2D eigenvalue weighted by Crippen LogP contribution is 2.30. The standard InChI is InChI=1S/C12H19F3N4O/c1-8(19-7-16-6-17-19)10(20)18-9(12(13,14)15)5-11(2,3)4/h6-9H,5H2,1-4H3,(H,18,20)/t8-,9+/m0/s1. The first-order valence-corrected chi connectivity index (χ1v) is 6.22. The summed E-state index contributed by atoms with van der Waals surface area (Å²) in [6, 6.07) is -2.72. The number of aromatic nitrogens is 3. The van der Waals surface area contributed by atoms with E-state index >= 15 is 0 Å². The number of rotatable bonds is 4. The maximum absolute atomic E-state index is 13.0. The highest BCUT2D eigenvalue weighted by molar-refractivity contribution is 5.80. The van der Waals surface area contributed by atoms with Crippen LogP contribution < -0.4 is 5.32 Å². The van der Waals surface area contributed by atoms with Crippen molar-refractivity contribution < 1.29 is 18.0 Å². The molecule has 0 spiro atoms. The van der Waals surface area contributed by atoms with Gasteiger partial charge in [-0.2, -0.15) is 18.3 Å². The fraction of sp³-hybridized carbons (Fsp3) is 0.750. The Morgan fingerprint density at radius 3 is 2.35 bits per heavy atom. The summed E-state index contributed by atoms with van der Waals surface area (Å²) in [5.74, 6) is -0.734. The van der Waals surface area contributed by atoms with Crippen molar-refractivity contribution in [3.05, 3.63) is 12.7 Å². The molecule has 1 amide bonds. The molecule has 20 heavy (non-hydrogen) atoms. The Morgan fingerprint density at radius 1 is 1.35 bits per heavy atom. The molecule has 0 saturated carbocycles. The van der Waals surface area contributed by atoms with Gasteiger partial charge in [-0.15, -0.1) is 0 Å². The van der Waals surface area contributed by atoms with E-state index in [9.17, 15) is 18.0 Å². The molecule has 0 unspecified atom stereocenters. The molecule has 0 aliphatic rings. The second-order valence-corrected chi connectivity index (χ2v) is 5.92. The molecular formula is C12H19F3N4O. The predicted octanol–water partition coefficient (Wildman–Crippen LogP) is 2.32. The Bertz CT molecular complexity index is 437. The monoisotopic (exact) mass is 292 g/mol. The van der Waals surface area contributed by atoms with Gasteiger partial charge in [-0.3, -0.25) is 4.79 Å². The van der Waals surface area contributed by atoms with Crippen molar-refractivity contribution in [3.63, 3.8) is 0 Å². The summed E-state index contributed by atoms with van der Waals surface area (Å²) in [5.41, 5.74) is -0.552. The Labute approximate surface area is 115 Å². The minimum atomic E-state index is -4.48. The van der Waals surface area contributed by atoms with Gasteiger partial charge >= 0.3 is 6.18 Å². The predicted molar refractivity (Wildman–Crippen MR) is 66.8 cm³/mol. The van der Waals surface area contributed by atoms with Crippen molar-refractivity contribution in [3.8, 4) is 0 Å². The normalized spacial score (nSPS) is 15.8. The topological polar surface area (TPSA) is 59.8 Å². The summed E-state index contributed by atoms with van der Waals surface area (Å²) in [7, 11) is 0. The summed E-state index contributed by atoms with van der Waals surface area (Å²) >= 11 is 0. The van der Waals surface area contributed by atoms with Gasteiger partial charge in [0.15, 0.2) is 0 Å². The molecule has 0 saturated heterocycles. The van der Waals surface area contributed by atoms with Gasteiger partial charge in [0.2, 0.25) is 5.91 Å². The van der Waals surface area contributed by atoms with E-state index in [2.05, 4.69) is 10.1 Å². The van der Waals surface area contributed by atoms with Gasteiger partial charge in [0, 0.05) is 0 Å². The van der Waals surface area contributed by atoms with Crippen LogP contribution in [0.1, 0.15) is 40.2 Å². The molecule has 114 valence electrons. The molecule has 0 aliphatic carbocycles. The van der Waals surface area contributed by atoms with Crippen LogP contribution in [0.5, 0.6) is 0 Å². The number of carbonyl (C=O) groups excluding carboxylic acids is 1. The average molecular weight is 292 g/mol. The lowest BCUT2D eigenvalue weighted by Gasteiger charge is -2.29. The number of carbonyl (C=O) groups is 1. The molecule has 1 N–H and O–H groups in total. The minimum absolute atomic E-state index is 0.188. The molecule has 0 aromatic carbocycles. The lowest BCUT2D eigenvalue weighted by molar-refractivity contribution is -0.167. The zero-order valence-electron chi connectivity index (χ0n) is 11.9. The number of nitrogens with one attached hydrogen (secondary N) is 1. The van der Waals surface area contributed by atoms with E-state index < -0.39 is 29.6 Å². The fourth-order valence-electron chi connectivity index (χ4n) is 1.69. The summed E-state index contributed by atoms with van der Waals surface area (Å²) in [4.78, 5) is 15.5. The summed E-state index contributed by atoms with van der Waals surface area (Å²) in [5, 5.41) is 5.79. The van der Waals surface area contributed by atoms with Crippen molar-refractivity contribution in [2.75, 3.05) is 0 Å². The third kappa shape index (κ3) is 4.82. The summed E-state index contributed by atoms with van der Waals surface area (Å²) < 4.78 is 40.1. The Kier molecular flexibility index (Phi) is 4.77. The maximum Gasteiger partial charge on any atom is 0.408 e. The van der Waals surface area contributed by atoms with Crippen LogP contribution in [0.15, 0.2) is 12.7 Å². The SMILES string of the molecule is C[C@@H](C(=O)N[C@H](CC(C)(C)C)C(F)(F)F)n1cncn1. The van der Waals surface area contributed by atoms with Crippen molar-refractivity contribution in [1.29, 1.82) is 0 Å². The van der Waals surface area contributed by atoms with Crippen LogP contribution in [0.25, 0.3) is 0 Å². The van der Waals surface area contributed by atoms with E-state index in [1.807, 2.05) is 5.32 Å². The smallest absolute Gasteiger partial charge is 0.343 e. The molecule has 5 nitrogen and oxygen atoms in total. The largest absolute Gasteiger partial charge is 0.408 e. The zero-order valence-corrected chi connectivity index (χ0v) is 11.9. The van der Waals surface area contributed by atoms with E-state index in [0.29, 0.717) is 0 Å². The Balaban J connectivity index is 2.77. The van der Waals surface area contributed by atoms with Gasteiger partial charge in [-0.1, -0.05) is 20.8 Å². The van der Waals surface area contributed by atoms with E-state index in [1.165, 1.54) is 24.3 Å². The molecule has 8 heteroatoms. The van der Waals surface area contributed by atoms with Crippen LogP contribution in [0.3, 0.4) is 0 Å². The second-order valence-electron chi connectivity index (χ2n) is 5.92. The highest BCUT2D eigenvalue weighted by atomic mass is 19.4. The van der Waals surface area contributed by atoms with Gasteiger partial charge in [0.1, 0.15) is 24.7 Å². The van der Waals surface area contributed by atoms with E-state index in [1.54, 1.807) is 20.8 Å². The number of alkyl halides is 3. The number of hydrogen-bond acceptors (Lipinski definition) is 3. The van der Waals surface area contributed by atoms with Gasteiger partial charge in [0.05, 0.1) is 0 Å². The quantitative estimate of drug-likeness (QED) is 0.926. The van der Waals surface area contributed by atoms with Gasteiger partial charge < -0.3 is 5.32 Å². The molecule has 0 radical (unpaired) electrons. The van der Waals surface area contributed by atoms with Crippen LogP contribution in [0.2, 0.25) is 0 Å². The highest BCUT2D eigenvalue weighted by Gasteiger charge is 2.43. The van der Waals surface area contributed by atoms with Crippen molar-refractivity contribution in [2.45, 2.75) is 52.4 Å². The third-order valence-corrected chi connectivity index (χ3v) is 2.74. The first kappa shape index (κ1) is 16.5. The number of halogens is 3. The molecule has 0 bridgehead atoms. The fourth-order valence-corrected chi connectivity index (χ4v) is 1.69. The van der Waals surface area contributed by atoms with Gasteiger partial charge in [-0.05, 0) is 18.8 Å². The molecule has 1 aromatic heterocycles. The second kappa shape index (κ2) is 5.80. The Morgan fingerprint density at radius 2 is 1.95 bits per heavy atom. The van der Waals surface area contributed by atoms with Crippen molar-refractivity contribution >= 4 is 5.91 Å². The van der Waals surface area contributed by atoms with Crippen LogP contribution >= 0.6 is 0 Å². The lowest BCUT2D eigenvalue weighted by atomic mass is 9.87. The number of amides is 1. The number of nitrogens with zero attached hydrogens (tertiary/aromatic N) is 3. The lowest BCUT2D eigenvalue weighted by Crippen LogP contribution is -2.49. The summed E-state index contributed by atoms with van der Waals surface area (Å²) in [6.07, 6.45) is -2.16. The zero-order chi connectivity index (χ0) is 15.6. The number of hydrogen-bond donors (Lipinski definition) is 1. The van der Waals surface area contributed by atoms with Crippen LogP contribution in [-0.2, 0) is 4.79 Å². The Hall–Kier alpha value is -1.60. The molecule has 0 fully saturated rings. The third-order valence-electron chi connectivity index (χ3n) is 2.74. The van der Waals surface area contributed by atoms with Crippen LogP contribution in [-0.4, -0.2) is 32.9 Å². The van der Waals surface area contributed by atoms with E-state index in [-0.39, 0.29) is 6.42 Å². The molecule has 1 aromatic rings.